The third kappa shape index (κ3) is 3.86. The highest BCUT2D eigenvalue weighted by atomic mass is 19.2. The summed E-state index contributed by atoms with van der Waals surface area (Å²) in [5.74, 6) is 0.0607. The molecule has 0 heterocycles. The fraction of sp³-hybridized carbons (Fsp3) is 0.520. The van der Waals surface area contributed by atoms with Gasteiger partial charge in [-0.1, -0.05) is 49.6 Å². The van der Waals surface area contributed by atoms with Crippen LogP contribution in [0.2, 0.25) is 0 Å². The van der Waals surface area contributed by atoms with Crippen LogP contribution in [0.3, 0.4) is 0 Å². The average Bonchev–Trinajstić information content (AvgIpc) is 2.73. The molecule has 0 spiro atoms. The molecule has 0 radical (unpaired) electrons. The van der Waals surface area contributed by atoms with Gasteiger partial charge in [0.05, 0.1) is 0 Å². The first-order valence-electron chi connectivity index (χ1n) is 10.7. The molecule has 4 rings (SSSR count). The molecule has 3 aliphatic rings. The largest absolute Gasteiger partial charge is 0.239 e. The number of hydrogen-bond donors (Lipinski definition) is 0. The standard InChI is InChI=1S/C25H29F3/c1-16-7-8-20(15-23(16)26)17-9-11-19(12-10-17)22-14-13-21(24(27)25(22)28)18-5-3-2-4-6-18/h7-9,13-15,18-19,24-25H,2-6,10-12H2,1H3. The van der Waals surface area contributed by atoms with Gasteiger partial charge in [0, 0.05) is 0 Å². The highest BCUT2D eigenvalue weighted by molar-refractivity contribution is 5.66. The highest BCUT2D eigenvalue weighted by Gasteiger charge is 2.37. The summed E-state index contributed by atoms with van der Waals surface area (Å²) in [4.78, 5) is 0. The van der Waals surface area contributed by atoms with E-state index in [9.17, 15) is 13.2 Å². The first-order valence-corrected chi connectivity index (χ1v) is 10.7. The van der Waals surface area contributed by atoms with Crippen molar-refractivity contribution in [2.75, 3.05) is 0 Å². The lowest BCUT2D eigenvalue weighted by Gasteiger charge is -2.34. The molecule has 0 nitrogen and oxygen atoms in total. The summed E-state index contributed by atoms with van der Waals surface area (Å²) in [7, 11) is 0. The molecular formula is C25H29F3. The third-order valence-electron chi connectivity index (χ3n) is 6.86. The zero-order valence-electron chi connectivity index (χ0n) is 16.6. The van der Waals surface area contributed by atoms with E-state index in [0.29, 0.717) is 23.1 Å². The number of halogens is 3. The van der Waals surface area contributed by atoms with Crippen LogP contribution in [0.15, 0.2) is 47.6 Å². The number of alkyl halides is 2. The average molecular weight is 387 g/mol. The minimum absolute atomic E-state index is 0.0384. The maximum atomic E-state index is 15.0. The van der Waals surface area contributed by atoms with Gasteiger partial charge in [-0.25, -0.2) is 13.2 Å². The number of benzene rings is 1. The van der Waals surface area contributed by atoms with Crippen LogP contribution in [0.4, 0.5) is 13.2 Å². The first kappa shape index (κ1) is 19.5. The molecule has 1 aromatic rings. The lowest BCUT2D eigenvalue weighted by Crippen LogP contribution is -2.32. The Kier molecular flexibility index (Phi) is 5.80. The zero-order chi connectivity index (χ0) is 19.7. The maximum Gasteiger partial charge on any atom is 0.157 e. The van der Waals surface area contributed by atoms with Gasteiger partial charge >= 0.3 is 0 Å². The summed E-state index contributed by atoms with van der Waals surface area (Å²) >= 11 is 0. The maximum absolute atomic E-state index is 15.0. The SMILES string of the molecule is Cc1ccc(C2=CCC(C3=CC=C(C4CCCCC4)C(F)C3F)CC2)cc1F. The van der Waals surface area contributed by atoms with E-state index in [4.69, 9.17) is 0 Å². The summed E-state index contributed by atoms with van der Waals surface area (Å²) in [5.41, 5.74) is 3.94. The molecule has 1 aromatic carbocycles. The van der Waals surface area contributed by atoms with Crippen molar-refractivity contribution in [1.82, 2.24) is 0 Å². The zero-order valence-corrected chi connectivity index (χ0v) is 16.6. The Labute approximate surface area is 166 Å². The second kappa shape index (κ2) is 8.31. The van der Waals surface area contributed by atoms with Crippen LogP contribution in [0.5, 0.6) is 0 Å². The molecule has 0 aliphatic heterocycles. The molecule has 0 amide bonds. The predicted molar refractivity (Wildman–Crippen MR) is 109 cm³/mol. The molecule has 0 saturated heterocycles. The summed E-state index contributed by atoms with van der Waals surface area (Å²) in [5, 5.41) is 0. The van der Waals surface area contributed by atoms with Gasteiger partial charge in [0.1, 0.15) is 5.82 Å². The van der Waals surface area contributed by atoms with Gasteiger partial charge in [-0.2, -0.15) is 0 Å². The molecule has 1 saturated carbocycles. The summed E-state index contributed by atoms with van der Waals surface area (Å²) in [6, 6.07) is 5.32. The minimum atomic E-state index is -1.52. The number of aryl methyl sites for hydroxylation is 1. The van der Waals surface area contributed by atoms with Crippen LogP contribution >= 0.6 is 0 Å². The second-order valence-electron chi connectivity index (χ2n) is 8.64. The molecule has 150 valence electrons. The van der Waals surface area contributed by atoms with Crippen molar-refractivity contribution >= 4 is 5.57 Å². The van der Waals surface area contributed by atoms with Gasteiger partial charge in [-0.3, -0.25) is 0 Å². The Morgan fingerprint density at radius 2 is 1.54 bits per heavy atom. The summed E-state index contributed by atoms with van der Waals surface area (Å²) < 4.78 is 43.8. The van der Waals surface area contributed by atoms with Gasteiger partial charge in [-0.15, -0.1) is 0 Å². The van der Waals surface area contributed by atoms with E-state index >= 15 is 0 Å². The van der Waals surface area contributed by atoms with E-state index in [1.807, 2.05) is 18.2 Å². The number of allylic oxidation sites excluding steroid dienone is 6. The smallest absolute Gasteiger partial charge is 0.157 e. The molecule has 1 fully saturated rings. The molecule has 3 atom stereocenters. The van der Waals surface area contributed by atoms with Gasteiger partial charge in [-0.05, 0) is 84.8 Å². The van der Waals surface area contributed by atoms with E-state index in [1.165, 1.54) is 6.42 Å². The topological polar surface area (TPSA) is 0 Å². The third-order valence-corrected chi connectivity index (χ3v) is 6.86. The predicted octanol–water partition coefficient (Wildman–Crippen LogP) is 7.44. The molecule has 0 N–H and O–H groups in total. The van der Waals surface area contributed by atoms with Crippen molar-refractivity contribution in [3.8, 4) is 0 Å². The van der Waals surface area contributed by atoms with Crippen LogP contribution < -0.4 is 0 Å². The van der Waals surface area contributed by atoms with Gasteiger partial charge < -0.3 is 0 Å². The van der Waals surface area contributed by atoms with Crippen molar-refractivity contribution in [3.63, 3.8) is 0 Å². The molecule has 3 aliphatic carbocycles. The Balaban J connectivity index is 1.49. The van der Waals surface area contributed by atoms with E-state index in [1.54, 1.807) is 19.1 Å². The van der Waals surface area contributed by atoms with Crippen molar-refractivity contribution in [3.05, 3.63) is 64.5 Å². The molecule has 3 unspecified atom stereocenters. The van der Waals surface area contributed by atoms with Crippen LogP contribution in [0, 0.1) is 24.6 Å². The minimum Gasteiger partial charge on any atom is -0.239 e. The Hall–Kier alpha value is -1.77. The summed E-state index contributed by atoms with van der Waals surface area (Å²) in [6.45, 7) is 1.75. The molecule has 0 aromatic heterocycles. The van der Waals surface area contributed by atoms with Gasteiger partial charge in [0.25, 0.3) is 0 Å². The van der Waals surface area contributed by atoms with Gasteiger partial charge in [0.2, 0.25) is 0 Å². The van der Waals surface area contributed by atoms with Crippen LogP contribution in [0.1, 0.15) is 62.5 Å². The summed E-state index contributed by atoms with van der Waals surface area (Å²) in [6.07, 6.45) is 10.5. The Bertz CT molecular complexity index is 811. The van der Waals surface area contributed by atoms with E-state index in [0.717, 1.165) is 49.7 Å². The van der Waals surface area contributed by atoms with Crippen LogP contribution in [0.25, 0.3) is 5.57 Å². The normalized spacial score (nSPS) is 29.1. The van der Waals surface area contributed by atoms with E-state index in [-0.39, 0.29) is 17.7 Å². The number of hydrogen-bond acceptors (Lipinski definition) is 0. The Morgan fingerprint density at radius 1 is 0.857 bits per heavy atom. The van der Waals surface area contributed by atoms with Crippen molar-refractivity contribution in [1.29, 1.82) is 0 Å². The van der Waals surface area contributed by atoms with Crippen molar-refractivity contribution in [2.45, 2.75) is 70.6 Å². The van der Waals surface area contributed by atoms with Crippen LogP contribution in [-0.4, -0.2) is 12.3 Å². The Morgan fingerprint density at radius 3 is 2.14 bits per heavy atom. The molecule has 3 heteroatoms. The lowest BCUT2D eigenvalue weighted by atomic mass is 9.74. The molecule has 0 bridgehead atoms. The first-order chi connectivity index (χ1) is 13.5. The van der Waals surface area contributed by atoms with E-state index < -0.39 is 12.3 Å². The fourth-order valence-corrected chi connectivity index (χ4v) is 5.06. The quantitative estimate of drug-likeness (QED) is 0.506. The lowest BCUT2D eigenvalue weighted by molar-refractivity contribution is 0.189. The van der Waals surface area contributed by atoms with Gasteiger partial charge in [0.15, 0.2) is 12.3 Å². The highest BCUT2D eigenvalue weighted by Crippen LogP contribution is 2.42. The van der Waals surface area contributed by atoms with Crippen molar-refractivity contribution < 1.29 is 13.2 Å². The van der Waals surface area contributed by atoms with Crippen LogP contribution in [-0.2, 0) is 0 Å². The van der Waals surface area contributed by atoms with E-state index in [2.05, 4.69) is 6.08 Å². The number of rotatable bonds is 3. The fourth-order valence-electron chi connectivity index (χ4n) is 5.06. The molecular weight excluding hydrogens is 357 g/mol. The monoisotopic (exact) mass is 386 g/mol. The second-order valence-corrected chi connectivity index (χ2v) is 8.64. The van der Waals surface area contributed by atoms with Crippen molar-refractivity contribution in [2.24, 2.45) is 11.8 Å². The molecule has 28 heavy (non-hydrogen) atoms.